The van der Waals surface area contributed by atoms with Crippen molar-refractivity contribution >= 4 is 11.6 Å². The maximum absolute atomic E-state index is 13.9. The van der Waals surface area contributed by atoms with Crippen LogP contribution in [0.15, 0.2) is 66.7 Å². The predicted octanol–water partition coefficient (Wildman–Crippen LogP) is 3.73. The van der Waals surface area contributed by atoms with Crippen molar-refractivity contribution in [2.75, 3.05) is 5.32 Å². The van der Waals surface area contributed by atoms with Gasteiger partial charge in [-0.3, -0.25) is 4.79 Å². The summed E-state index contributed by atoms with van der Waals surface area (Å²) in [6.07, 6.45) is 0. The summed E-state index contributed by atoms with van der Waals surface area (Å²) in [7, 11) is 0. The molecule has 1 aliphatic rings. The number of ether oxygens (including phenoxy) is 1. The van der Waals surface area contributed by atoms with Crippen LogP contribution in [0.5, 0.6) is 5.75 Å². The fraction of sp³-hybridized carbons (Fsp3) is 0.0952. The van der Waals surface area contributed by atoms with Gasteiger partial charge in [0.05, 0.1) is 5.69 Å². The van der Waals surface area contributed by atoms with Gasteiger partial charge in [0.1, 0.15) is 12.4 Å². The minimum Gasteiger partial charge on any atom is -0.489 e. The Bertz CT molecular complexity index is 1010. The van der Waals surface area contributed by atoms with Crippen LogP contribution in [0.2, 0.25) is 0 Å². The Kier molecular flexibility index (Phi) is 4.12. The van der Waals surface area contributed by atoms with Gasteiger partial charge in [0.25, 0.3) is 5.91 Å². The molecule has 0 saturated heterocycles. The van der Waals surface area contributed by atoms with Crippen molar-refractivity contribution in [2.45, 2.75) is 12.2 Å². The number of rotatable bonds is 4. The molecule has 1 unspecified atom stereocenters. The van der Waals surface area contributed by atoms with Crippen LogP contribution in [-0.4, -0.2) is 11.0 Å². The molecule has 4 rings (SSSR count). The molecule has 1 amide bonds. The number of carbonyl (C=O) groups excluding carboxylic acids is 1. The number of aliphatic hydroxyl groups is 1. The number of amides is 1. The van der Waals surface area contributed by atoms with Gasteiger partial charge in [0, 0.05) is 5.56 Å². The van der Waals surface area contributed by atoms with Crippen molar-refractivity contribution in [3.63, 3.8) is 0 Å². The summed E-state index contributed by atoms with van der Waals surface area (Å²) in [5.41, 5.74) is -1.23. The molecule has 27 heavy (non-hydrogen) atoms. The average Bonchev–Trinajstić information content (AvgIpc) is 2.96. The van der Waals surface area contributed by atoms with Crippen molar-refractivity contribution in [3.05, 3.63) is 95.1 Å². The molecule has 1 aliphatic heterocycles. The SMILES string of the molecule is O=C1Nc2c(ccc(F)c2F)C1(O)c1ccc(OCc2ccccc2)cc1. The Hall–Kier alpha value is -3.25. The summed E-state index contributed by atoms with van der Waals surface area (Å²) in [6.45, 7) is 0.373. The van der Waals surface area contributed by atoms with Crippen LogP contribution in [0.4, 0.5) is 14.5 Å². The Balaban J connectivity index is 1.61. The summed E-state index contributed by atoms with van der Waals surface area (Å²) in [5.74, 6) is -2.57. The molecule has 0 saturated carbocycles. The summed E-state index contributed by atoms with van der Waals surface area (Å²) in [5, 5.41) is 13.2. The Labute approximate surface area is 154 Å². The Morgan fingerprint density at radius 3 is 2.37 bits per heavy atom. The fourth-order valence-corrected chi connectivity index (χ4v) is 3.12. The van der Waals surface area contributed by atoms with Gasteiger partial charge in [0.2, 0.25) is 0 Å². The van der Waals surface area contributed by atoms with E-state index in [2.05, 4.69) is 5.32 Å². The molecule has 0 aromatic heterocycles. The van der Waals surface area contributed by atoms with Gasteiger partial charge in [-0.1, -0.05) is 48.5 Å². The number of hydrogen-bond acceptors (Lipinski definition) is 3. The minimum atomic E-state index is -2.10. The summed E-state index contributed by atoms with van der Waals surface area (Å²) < 4.78 is 33.0. The van der Waals surface area contributed by atoms with E-state index in [1.165, 1.54) is 18.2 Å². The highest BCUT2D eigenvalue weighted by atomic mass is 19.2. The third-order valence-corrected chi connectivity index (χ3v) is 4.57. The van der Waals surface area contributed by atoms with Gasteiger partial charge in [-0.25, -0.2) is 8.78 Å². The molecule has 0 fully saturated rings. The van der Waals surface area contributed by atoms with Crippen molar-refractivity contribution in [1.82, 2.24) is 0 Å². The molecule has 1 heterocycles. The molecule has 2 N–H and O–H groups in total. The molecule has 6 heteroatoms. The Morgan fingerprint density at radius 1 is 0.963 bits per heavy atom. The van der Waals surface area contributed by atoms with E-state index in [0.29, 0.717) is 12.4 Å². The first kappa shape index (κ1) is 17.2. The molecule has 0 bridgehead atoms. The van der Waals surface area contributed by atoms with Gasteiger partial charge < -0.3 is 15.2 Å². The van der Waals surface area contributed by atoms with E-state index in [1.54, 1.807) is 12.1 Å². The number of anilines is 1. The predicted molar refractivity (Wildman–Crippen MR) is 95.2 cm³/mol. The molecule has 3 aromatic rings. The van der Waals surface area contributed by atoms with Crippen molar-refractivity contribution in [2.24, 2.45) is 0 Å². The monoisotopic (exact) mass is 367 g/mol. The van der Waals surface area contributed by atoms with Crippen LogP contribution in [0.25, 0.3) is 0 Å². The molecule has 0 aliphatic carbocycles. The molecule has 1 atom stereocenters. The van der Waals surface area contributed by atoms with E-state index in [4.69, 9.17) is 4.74 Å². The van der Waals surface area contributed by atoms with Gasteiger partial charge in [0.15, 0.2) is 17.2 Å². The van der Waals surface area contributed by atoms with E-state index >= 15 is 0 Å². The standard InChI is InChI=1S/C21H15F2NO3/c22-17-11-10-16-19(18(17)23)24-20(25)21(16,26)14-6-8-15(9-7-14)27-12-13-4-2-1-3-5-13/h1-11,26H,12H2,(H,24,25). The first-order chi connectivity index (χ1) is 13.0. The van der Waals surface area contributed by atoms with E-state index in [1.807, 2.05) is 30.3 Å². The first-order valence-electron chi connectivity index (χ1n) is 8.29. The van der Waals surface area contributed by atoms with Crippen molar-refractivity contribution in [1.29, 1.82) is 0 Å². The molecule has 136 valence electrons. The van der Waals surface area contributed by atoms with Crippen molar-refractivity contribution in [3.8, 4) is 5.75 Å². The smallest absolute Gasteiger partial charge is 0.265 e. The van der Waals surface area contributed by atoms with Crippen LogP contribution in [0.1, 0.15) is 16.7 Å². The maximum Gasteiger partial charge on any atom is 0.265 e. The van der Waals surface area contributed by atoms with E-state index in [9.17, 15) is 18.7 Å². The second-order valence-corrected chi connectivity index (χ2v) is 6.25. The minimum absolute atomic E-state index is 0.0237. The zero-order valence-corrected chi connectivity index (χ0v) is 14.1. The molecule has 0 radical (unpaired) electrons. The van der Waals surface area contributed by atoms with Crippen molar-refractivity contribution < 1.29 is 23.4 Å². The molecule has 3 aromatic carbocycles. The van der Waals surface area contributed by atoms with E-state index in [0.717, 1.165) is 11.6 Å². The van der Waals surface area contributed by atoms with Crippen LogP contribution in [0, 0.1) is 11.6 Å². The van der Waals surface area contributed by atoms with Gasteiger partial charge in [-0.15, -0.1) is 0 Å². The largest absolute Gasteiger partial charge is 0.489 e. The van der Waals surface area contributed by atoms with E-state index in [-0.39, 0.29) is 16.8 Å². The lowest BCUT2D eigenvalue weighted by Crippen LogP contribution is -2.35. The lowest BCUT2D eigenvalue weighted by Gasteiger charge is -2.21. The summed E-state index contributed by atoms with van der Waals surface area (Å²) in [4.78, 5) is 12.3. The molecule has 4 nitrogen and oxygen atoms in total. The lowest BCUT2D eigenvalue weighted by atomic mass is 9.87. The van der Waals surface area contributed by atoms with Crippen LogP contribution >= 0.6 is 0 Å². The number of carbonyl (C=O) groups is 1. The second-order valence-electron chi connectivity index (χ2n) is 6.25. The second kappa shape index (κ2) is 6.48. The highest BCUT2D eigenvalue weighted by Gasteiger charge is 2.48. The van der Waals surface area contributed by atoms with E-state index < -0.39 is 23.1 Å². The number of fused-ring (bicyclic) bond motifs is 1. The molecular formula is C21H15F2NO3. The van der Waals surface area contributed by atoms with Crippen LogP contribution in [-0.2, 0) is 17.0 Å². The summed E-state index contributed by atoms with van der Waals surface area (Å²) >= 11 is 0. The zero-order chi connectivity index (χ0) is 19.0. The van der Waals surface area contributed by atoms with Gasteiger partial charge in [-0.2, -0.15) is 0 Å². The third-order valence-electron chi connectivity index (χ3n) is 4.57. The number of hydrogen-bond donors (Lipinski definition) is 2. The summed E-state index contributed by atoms with van der Waals surface area (Å²) in [6, 6.07) is 18.0. The molecular weight excluding hydrogens is 352 g/mol. The number of benzene rings is 3. The number of nitrogens with one attached hydrogen (secondary N) is 1. The first-order valence-corrected chi connectivity index (χ1v) is 8.29. The average molecular weight is 367 g/mol. The fourth-order valence-electron chi connectivity index (χ4n) is 3.12. The lowest BCUT2D eigenvalue weighted by molar-refractivity contribution is -0.129. The molecule has 0 spiro atoms. The van der Waals surface area contributed by atoms with Gasteiger partial charge >= 0.3 is 0 Å². The number of halogens is 2. The topological polar surface area (TPSA) is 58.6 Å². The highest BCUT2D eigenvalue weighted by Crippen LogP contribution is 2.42. The van der Waals surface area contributed by atoms with Gasteiger partial charge in [-0.05, 0) is 29.3 Å². The maximum atomic E-state index is 13.9. The third kappa shape index (κ3) is 2.84. The highest BCUT2D eigenvalue weighted by molar-refractivity contribution is 6.07. The quantitative estimate of drug-likeness (QED) is 0.739. The van der Waals surface area contributed by atoms with Crippen LogP contribution < -0.4 is 10.1 Å². The Morgan fingerprint density at radius 2 is 1.67 bits per heavy atom. The normalized spacial score (nSPS) is 18.1. The van der Waals surface area contributed by atoms with Crippen LogP contribution in [0.3, 0.4) is 0 Å². The zero-order valence-electron chi connectivity index (χ0n) is 14.1.